The van der Waals surface area contributed by atoms with Crippen molar-refractivity contribution in [1.82, 2.24) is 4.57 Å². The summed E-state index contributed by atoms with van der Waals surface area (Å²) >= 11 is 1.41. The summed E-state index contributed by atoms with van der Waals surface area (Å²) in [5.74, 6) is 0.229. The molecule has 0 fully saturated rings. The van der Waals surface area contributed by atoms with Crippen LogP contribution in [0.15, 0.2) is 53.5 Å². The van der Waals surface area contributed by atoms with E-state index in [2.05, 4.69) is 4.99 Å². The van der Waals surface area contributed by atoms with Crippen LogP contribution in [0.3, 0.4) is 0 Å². The normalized spacial score (nSPS) is 11.6. The number of esters is 1. The molecule has 0 bridgehead atoms. The van der Waals surface area contributed by atoms with Crippen LogP contribution in [0, 0.1) is 0 Å². The van der Waals surface area contributed by atoms with Gasteiger partial charge in [-0.15, -0.1) is 0 Å². The average Bonchev–Trinajstić information content (AvgIpc) is 3.03. The summed E-state index contributed by atoms with van der Waals surface area (Å²) in [6, 6.07) is 15.2. The molecule has 0 radical (unpaired) electrons. The second kappa shape index (κ2) is 9.32. The summed E-state index contributed by atoms with van der Waals surface area (Å²) in [6.45, 7) is 2.89. The van der Waals surface area contributed by atoms with E-state index in [0.717, 1.165) is 21.5 Å². The molecule has 3 rings (SSSR count). The van der Waals surface area contributed by atoms with E-state index in [0.29, 0.717) is 18.0 Å². The molecule has 7 heteroatoms. The lowest BCUT2D eigenvalue weighted by Crippen LogP contribution is -2.19. The molecule has 0 aliphatic heterocycles. The molecule has 0 N–H and O–H groups in total. The molecule has 6 nitrogen and oxygen atoms in total. The zero-order valence-corrected chi connectivity index (χ0v) is 16.7. The second-order valence-electron chi connectivity index (χ2n) is 6.09. The molecule has 0 atom stereocenters. The Bertz CT molecular complexity index is 1040. The van der Waals surface area contributed by atoms with E-state index in [1.807, 2.05) is 60.0 Å². The molecule has 0 unspecified atom stereocenters. The molecule has 3 aromatic rings. The summed E-state index contributed by atoms with van der Waals surface area (Å²) in [5, 5.41) is 0. The van der Waals surface area contributed by atoms with Crippen molar-refractivity contribution in [1.29, 1.82) is 0 Å². The highest BCUT2D eigenvalue weighted by molar-refractivity contribution is 7.16. The lowest BCUT2D eigenvalue weighted by atomic mass is 10.1. The molecule has 2 aromatic carbocycles. The molecule has 28 heavy (non-hydrogen) atoms. The fourth-order valence-electron chi connectivity index (χ4n) is 2.83. The SMILES string of the molecule is CCOc1ccc2c(c1)sc(=NC(=O)Cc1ccccc1)n2CCC(=O)OC. The predicted octanol–water partition coefficient (Wildman–Crippen LogP) is 3.33. The van der Waals surface area contributed by atoms with Crippen molar-refractivity contribution in [2.45, 2.75) is 26.3 Å². The minimum Gasteiger partial charge on any atom is -0.494 e. The Morgan fingerprint density at radius 3 is 2.64 bits per heavy atom. The maximum absolute atomic E-state index is 12.5. The Morgan fingerprint density at radius 1 is 1.14 bits per heavy atom. The highest BCUT2D eigenvalue weighted by Crippen LogP contribution is 2.23. The van der Waals surface area contributed by atoms with Gasteiger partial charge >= 0.3 is 5.97 Å². The molecule has 0 saturated carbocycles. The van der Waals surface area contributed by atoms with Gasteiger partial charge in [-0.2, -0.15) is 4.99 Å². The second-order valence-corrected chi connectivity index (χ2v) is 7.10. The van der Waals surface area contributed by atoms with Crippen molar-refractivity contribution >= 4 is 33.4 Å². The maximum atomic E-state index is 12.5. The van der Waals surface area contributed by atoms with E-state index in [1.54, 1.807) is 0 Å². The zero-order chi connectivity index (χ0) is 19.9. The third-order valence-electron chi connectivity index (χ3n) is 4.15. The topological polar surface area (TPSA) is 69.9 Å². The fourth-order valence-corrected chi connectivity index (χ4v) is 3.94. The van der Waals surface area contributed by atoms with Gasteiger partial charge in [0.05, 0.1) is 36.8 Å². The molecule has 0 spiro atoms. The zero-order valence-electron chi connectivity index (χ0n) is 15.9. The third-order valence-corrected chi connectivity index (χ3v) is 5.19. The summed E-state index contributed by atoms with van der Waals surface area (Å²) in [7, 11) is 1.36. The van der Waals surface area contributed by atoms with Gasteiger partial charge < -0.3 is 14.0 Å². The van der Waals surface area contributed by atoms with E-state index in [4.69, 9.17) is 9.47 Å². The molecule has 1 amide bonds. The van der Waals surface area contributed by atoms with Gasteiger partial charge in [0.15, 0.2) is 4.80 Å². The van der Waals surface area contributed by atoms with Crippen LogP contribution >= 0.6 is 11.3 Å². The number of hydrogen-bond donors (Lipinski definition) is 0. The van der Waals surface area contributed by atoms with Gasteiger partial charge in [-0.25, -0.2) is 0 Å². The number of fused-ring (bicyclic) bond motifs is 1. The van der Waals surface area contributed by atoms with Gasteiger partial charge in [-0.3, -0.25) is 9.59 Å². The van der Waals surface area contributed by atoms with Gasteiger partial charge in [0.2, 0.25) is 0 Å². The number of carbonyl (C=O) groups excluding carboxylic acids is 2. The van der Waals surface area contributed by atoms with Gasteiger partial charge in [0.1, 0.15) is 5.75 Å². The molecule has 0 aliphatic carbocycles. The number of rotatable bonds is 7. The van der Waals surface area contributed by atoms with Gasteiger partial charge in [0.25, 0.3) is 5.91 Å². The highest BCUT2D eigenvalue weighted by Gasteiger charge is 2.11. The van der Waals surface area contributed by atoms with Crippen LogP contribution in [0.5, 0.6) is 5.75 Å². The Labute approximate surface area is 167 Å². The largest absolute Gasteiger partial charge is 0.494 e. The van der Waals surface area contributed by atoms with Gasteiger partial charge in [-0.05, 0) is 30.7 Å². The average molecular weight is 398 g/mol. The van der Waals surface area contributed by atoms with Gasteiger partial charge in [-0.1, -0.05) is 41.7 Å². The van der Waals surface area contributed by atoms with Crippen LogP contribution < -0.4 is 9.54 Å². The standard InChI is InChI=1S/C21H22N2O4S/c1-3-27-16-9-10-17-18(14-16)28-21(23(17)12-11-20(25)26-2)22-19(24)13-15-7-5-4-6-8-15/h4-10,14H,3,11-13H2,1-2H3. The summed E-state index contributed by atoms with van der Waals surface area (Å²) in [6.07, 6.45) is 0.436. The molecular formula is C21H22N2O4S. The number of methoxy groups -OCH3 is 1. The van der Waals surface area contributed by atoms with Crippen LogP contribution in [0.1, 0.15) is 18.9 Å². The van der Waals surface area contributed by atoms with Crippen LogP contribution in [0.4, 0.5) is 0 Å². The van der Waals surface area contributed by atoms with Crippen molar-refractivity contribution in [2.24, 2.45) is 4.99 Å². The van der Waals surface area contributed by atoms with Crippen molar-refractivity contribution in [3.8, 4) is 5.75 Å². The van der Waals surface area contributed by atoms with E-state index in [1.165, 1.54) is 18.4 Å². The lowest BCUT2D eigenvalue weighted by molar-refractivity contribution is -0.140. The number of ether oxygens (including phenoxy) is 2. The fraction of sp³-hybridized carbons (Fsp3) is 0.286. The summed E-state index contributed by atoms with van der Waals surface area (Å²) in [4.78, 5) is 29.0. The Morgan fingerprint density at radius 2 is 1.93 bits per heavy atom. The molecule has 0 saturated heterocycles. The maximum Gasteiger partial charge on any atom is 0.307 e. The van der Waals surface area contributed by atoms with E-state index < -0.39 is 0 Å². The summed E-state index contributed by atoms with van der Waals surface area (Å²) < 4.78 is 13.1. The number of nitrogens with zero attached hydrogens (tertiary/aromatic N) is 2. The molecular weight excluding hydrogens is 376 g/mol. The monoisotopic (exact) mass is 398 g/mol. The first-order valence-electron chi connectivity index (χ1n) is 9.05. The van der Waals surface area contributed by atoms with E-state index >= 15 is 0 Å². The number of thiazole rings is 1. The smallest absolute Gasteiger partial charge is 0.307 e. The molecule has 146 valence electrons. The van der Waals surface area contributed by atoms with Crippen LogP contribution in [-0.2, 0) is 27.3 Å². The number of carbonyl (C=O) groups is 2. The van der Waals surface area contributed by atoms with Crippen molar-refractivity contribution in [2.75, 3.05) is 13.7 Å². The minimum absolute atomic E-state index is 0.204. The number of aryl methyl sites for hydroxylation is 1. The lowest BCUT2D eigenvalue weighted by Gasteiger charge is -2.06. The number of hydrogen-bond acceptors (Lipinski definition) is 5. The van der Waals surface area contributed by atoms with Crippen molar-refractivity contribution in [3.63, 3.8) is 0 Å². The Kier molecular flexibility index (Phi) is 6.60. The first-order chi connectivity index (χ1) is 13.6. The quantitative estimate of drug-likeness (QED) is 0.573. The van der Waals surface area contributed by atoms with Crippen LogP contribution in [0.25, 0.3) is 10.2 Å². The van der Waals surface area contributed by atoms with Crippen LogP contribution in [0.2, 0.25) is 0 Å². The number of benzene rings is 2. The van der Waals surface area contributed by atoms with Crippen LogP contribution in [-0.4, -0.2) is 30.2 Å². The first-order valence-corrected chi connectivity index (χ1v) is 9.87. The Hall–Kier alpha value is -2.93. The van der Waals surface area contributed by atoms with Gasteiger partial charge in [0, 0.05) is 6.54 Å². The first kappa shape index (κ1) is 19.8. The van der Waals surface area contributed by atoms with Crippen molar-refractivity contribution < 1.29 is 19.1 Å². The number of aromatic nitrogens is 1. The number of amides is 1. The van der Waals surface area contributed by atoms with E-state index in [9.17, 15) is 9.59 Å². The Balaban J connectivity index is 1.97. The molecule has 1 heterocycles. The van der Waals surface area contributed by atoms with E-state index in [-0.39, 0.29) is 24.7 Å². The predicted molar refractivity (Wildman–Crippen MR) is 108 cm³/mol. The van der Waals surface area contributed by atoms with Crippen molar-refractivity contribution in [3.05, 3.63) is 58.9 Å². The molecule has 1 aromatic heterocycles. The minimum atomic E-state index is -0.306. The molecule has 0 aliphatic rings. The summed E-state index contributed by atoms with van der Waals surface area (Å²) in [5.41, 5.74) is 1.82. The highest BCUT2D eigenvalue weighted by atomic mass is 32.1. The third kappa shape index (κ3) is 4.86.